The summed E-state index contributed by atoms with van der Waals surface area (Å²) in [5, 5.41) is 1.19. The van der Waals surface area contributed by atoms with Gasteiger partial charge in [-0.05, 0) is 44.4 Å². The van der Waals surface area contributed by atoms with E-state index in [4.69, 9.17) is 10.7 Å². The maximum atomic E-state index is 12.9. The monoisotopic (exact) mass is 319 g/mol. The van der Waals surface area contributed by atoms with E-state index in [-0.39, 0.29) is 5.91 Å². The molecule has 22 heavy (non-hydrogen) atoms. The van der Waals surface area contributed by atoms with Crippen molar-refractivity contribution >= 4 is 17.2 Å². The molecule has 3 unspecified atom stereocenters. The topological polar surface area (TPSA) is 59.2 Å². The van der Waals surface area contributed by atoms with E-state index < -0.39 is 0 Å². The van der Waals surface area contributed by atoms with Crippen molar-refractivity contribution in [1.82, 2.24) is 9.88 Å². The second-order valence-corrected chi connectivity index (χ2v) is 8.35. The Labute approximate surface area is 136 Å². The lowest BCUT2D eigenvalue weighted by Gasteiger charge is -2.18. The minimum Gasteiger partial charge on any atom is -0.337 e. The highest BCUT2D eigenvalue weighted by atomic mass is 32.1. The fourth-order valence-corrected chi connectivity index (χ4v) is 5.78. The Balaban J connectivity index is 1.51. The molecule has 1 aromatic rings. The number of rotatable bonds is 2. The number of fused-ring (bicyclic) bond motifs is 1. The zero-order valence-electron chi connectivity index (χ0n) is 13.3. The fourth-order valence-electron chi connectivity index (χ4n) is 4.58. The lowest BCUT2D eigenvalue weighted by atomic mass is 9.98. The van der Waals surface area contributed by atoms with Gasteiger partial charge < -0.3 is 10.6 Å². The van der Waals surface area contributed by atoms with Crippen molar-refractivity contribution in [3.8, 4) is 0 Å². The summed E-state index contributed by atoms with van der Waals surface area (Å²) < 4.78 is 0. The Bertz CT molecular complexity index is 578. The van der Waals surface area contributed by atoms with Crippen molar-refractivity contribution < 1.29 is 4.79 Å². The van der Waals surface area contributed by atoms with E-state index >= 15 is 0 Å². The summed E-state index contributed by atoms with van der Waals surface area (Å²) in [6.07, 6.45) is 7.40. The minimum atomic E-state index is 0.195. The molecule has 0 bridgehead atoms. The Morgan fingerprint density at radius 2 is 2.00 bits per heavy atom. The molecule has 0 aromatic carbocycles. The van der Waals surface area contributed by atoms with Gasteiger partial charge in [0.25, 0.3) is 5.91 Å². The number of amides is 1. The van der Waals surface area contributed by atoms with E-state index in [2.05, 4.69) is 0 Å². The molecule has 3 fully saturated rings. The van der Waals surface area contributed by atoms with Gasteiger partial charge in [0, 0.05) is 25.0 Å². The van der Waals surface area contributed by atoms with Gasteiger partial charge in [0.15, 0.2) is 0 Å². The molecule has 3 aliphatic rings. The summed E-state index contributed by atoms with van der Waals surface area (Å²) in [6.45, 7) is 3.74. The molecule has 0 spiro atoms. The van der Waals surface area contributed by atoms with Crippen molar-refractivity contribution in [1.29, 1.82) is 0 Å². The largest absolute Gasteiger partial charge is 0.337 e. The van der Waals surface area contributed by atoms with Crippen molar-refractivity contribution in [2.75, 3.05) is 13.1 Å². The molecule has 1 amide bonds. The highest BCUT2D eigenvalue weighted by Crippen LogP contribution is 2.40. The predicted molar refractivity (Wildman–Crippen MR) is 88.2 cm³/mol. The number of carbonyl (C=O) groups excluding carboxylic acids is 1. The van der Waals surface area contributed by atoms with Crippen LogP contribution in [0.25, 0.3) is 0 Å². The first-order valence-corrected chi connectivity index (χ1v) is 9.47. The van der Waals surface area contributed by atoms with Crippen LogP contribution in [-0.2, 0) is 0 Å². The summed E-state index contributed by atoms with van der Waals surface area (Å²) in [4.78, 5) is 20.5. The van der Waals surface area contributed by atoms with Crippen LogP contribution in [0, 0.1) is 18.8 Å². The average Bonchev–Trinajstić information content (AvgIpc) is 3.23. The molecule has 2 aliphatic carbocycles. The first-order chi connectivity index (χ1) is 10.6. The molecule has 3 atom stereocenters. The standard InChI is InChI=1S/C17H25N3OS/c1-10-15(22-16(19-10)11-4-2-3-5-11)17(21)20-8-12-6-7-14(18)13(12)9-20/h11-14H,2-9,18H2,1H3. The highest BCUT2D eigenvalue weighted by Gasteiger charge is 2.43. The summed E-state index contributed by atoms with van der Waals surface area (Å²) in [5.74, 6) is 1.94. The Morgan fingerprint density at radius 3 is 2.73 bits per heavy atom. The predicted octanol–water partition coefficient (Wildman–Crippen LogP) is 2.92. The lowest BCUT2D eigenvalue weighted by molar-refractivity contribution is 0.0783. The van der Waals surface area contributed by atoms with E-state index in [0.717, 1.165) is 30.1 Å². The number of carbonyl (C=O) groups is 1. The molecule has 4 nitrogen and oxygen atoms in total. The molecule has 5 heteroatoms. The number of nitrogens with two attached hydrogens (primary N) is 1. The number of hydrogen-bond acceptors (Lipinski definition) is 4. The maximum absolute atomic E-state index is 12.9. The van der Waals surface area contributed by atoms with Gasteiger partial charge in [-0.25, -0.2) is 4.98 Å². The first kappa shape index (κ1) is 14.6. The second-order valence-electron chi connectivity index (χ2n) is 7.32. The van der Waals surface area contributed by atoms with Crippen LogP contribution in [0.4, 0.5) is 0 Å². The van der Waals surface area contributed by atoms with Crippen LogP contribution in [0.15, 0.2) is 0 Å². The van der Waals surface area contributed by atoms with Crippen LogP contribution in [0.1, 0.15) is 64.8 Å². The van der Waals surface area contributed by atoms with Gasteiger partial charge in [0.05, 0.1) is 10.7 Å². The molecule has 0 radical (unpaired) electrons. The number of aryl methyl sites for hydroxylation is 1. The zero-order chi connectivity index (χ0) is 15.3. The van der Waals surface area contributed by atoms with Crippen LogP contribution >= 0.6 is 11.3 Å². The second kappa shape index (κ2) is 5.60. The van der Waals surface area contributed by atoms with Gasteiger partial charge >= 0.3 is 0 Å². The smallest absolute Gasteiger partial charge is 0.265 e. The van der Waals surface area contributed by atoms with Crippen LogP contribution < -0.4 is 5.73 Å². The molecule has 1 aromatic heterocycles. The van der Waals surface area contributed by atoms with E-state index in [0.29, 0.717) is 23.8 Å². The Hall–Kier alpha value is -0.940. The molecule has 2 saturated carbocycles. The summed E-state index contributed by atoms with van der Waals surface area (Å²) in [6, 6.07) is 0.291. The van der Waals surface area contributed by atoms with Crippen molar-refractivity contribution in [3.05, 3.63) is 15.6 Å². The van der Waals surface area contributed by atoms with Gasteiger partial charge in [0.2, 0.25) is 0 Å². The fraction of sp³-hybridized carbons (Fsp3) is 0.765. The number of hydrogen-bond donors (Lipinski definition) is 1. The summed E-state index contributed by atoms with van der Waals surface area (Å²) >= 11 is 1.65. The van der Waals surface area contributed by atoms with Crippen LogP contribution in [0.2, 0.25) is 0 Å². The quantitative estimate of drug-likeness (QED) is 0.912. The van der Waals surface area contributed by atoms with E-state index in [1.165, 1.54) is 37.1 Å². The highest BCUT2D eigenvalue weighted by molar-refractivity contribution is 7.13. The van der Waals surface area contributed by atoms with Gasteiger partial charge in [-0.3, -0.25) is 4.79 Å². The van der Waals surface area contributed by atoms with Crippen molar-refractivity contribution in [3.63, 3.8) is 0 Å². The SMILES string of the molecule is Cc1nc(C2CCCC2)sc1C(=O)N1CC2CCC(N)C2C1. The van der Waals surface area contributed by atoms with Gasteiger partial charge in [-0.15, -0.1) is 11.3 Å². The third kappa shape index (κ3) is 2.38. The summed E-state index contributed by atoms with van der Waals surface area (Å²) in [5.41, 5.74) is 7.12. The van der Waals surface area contributed by atoms with E-state index in [1.807, 2.05) is 11.8 Å². The molecule has 4 rings (SSSR count). The molecular weight excluding hydrogens is 294 g/mol. The normalized spacial score (nSPS) is 31.9. The minimum absolute atomic E-state index is 0.195. The number of aromatic nitrogens is 1. The molecule has 1 aliphatic heterocycles. The van der Waals surface area contributed by atoms with Gasteiger partial charge in [-0.2, -0.15) is 0 Å². The van der Waals surface area contributed by atoms with E-state index in [1.54, 1.807) is 11.3 Å². The maximum Gasteiger partial charge on any atom is 0.265 e. The van der Waals surface area contributed by atoms with Crippen LogP contribution in [-0.4, -0.2) is 34.9 Å². The van der Waals surface area contributed by atoms with Gasteiger partial charge in [-0.1, -0.05) is 12.8 Å². The third-order valence-corrected chi connectivity index (χ3v) is 7.22. The molecule has 1 saturated heterocycles. The first-order valence-electron chi connectivity index (χ1n) is 8.65. The van der Waals surface area contributed by atoms with Crippen LogP contribution in [0.5, 0.6) is 0 Å². The van der Waals surface area contributed by atoms with Crippen molar-refractivity contribution in [2.45, 2.75) is 57.4 Å². The van der Waals surface area contributed by atoms with Gasteiger partial charge in [0.1, 0.15) is 4.88 Å². The zero-order valence-corrected chi connectivity index (χ0v) is 14.1. The number of nitrogens with zero attached hydrogens (tertiary/aromatic N) is 2. The third-order valence-electron chi connectivity index (χ3n) is 5.91. The molecule has 2 N–H and O–H groups in total. The molecule has 120 valence electrons. The molecule has 2 heterocycles. The molecular formula is C17H25N3OS. The van der Waals surface area contributed by atoms with Crippen molar-refractivity contribution in [2.24, 2.45) is 17.6 Å². The van der Waals surface area contributed by atoms with Crippen LogP contribution in [0.3, 0.4) is 0 Å². The average molecular weight is 319 g/mol. The number of likely N-dealkylation sites (tertiary alicyclic amines) is 1. The number of thiazole rings is 1. The van der Waals surface area contributed by atoms with E-state index in [9.17, 15) is 4.79 Å². The summed E-state index contributed by atoms with van der Waals surface area (Å²) in [7, 11) is 0. The Kier molecular flexibility index (Phi) is 3.73. The lowest BCUT2D eigenvalue weighted by Crippen LogP contribution is -2.33. The Morgan fingerprint density at radius 1 is 1.23 bits per heavy atom.